The number of piperazine rings is 1. The fourth-order valence-electron chi connectivity index (χ4n) is 7.38. The van der Waals surface area contributed by atoms with E-state index in [1.54, 1.807) is 6.33 Å². The average Bonchev–Trinajstić information content (AvgIpc) is 3.48. The third kappa shape index (κ3) is 9.42. The Morgan fingerprint density at radius 2 is 1.70 bits per heavy atom. The summed E-state index contributed by atoms with van der Waals surface area (Å²) in [4.78, 5) is 45.3. The molecule has 0 bridgehead atoms. The zero-order valence-electron chi connectivity index (χ0n) is 28.6. The summed E-state index contributed by atoms with van der Waals surface area (Å²) in [6.07, 6.45) is 7.47. The molecule has 0 saturated carbocycles. The quantitative estimate of drug-likeness (QED) is 0.403. The van der Waals surface area contributed by atoms with E-state index in [0.717, 1.165) is 115 Å². The molecule has 256 valence electrons. The fourth-order valence-corrected chi connectivity index (χ4v) is 7.38. The van der Waals surface area contributed by atoms with Gasteiger partial charge in [-0.3, -0.25) is 14.6 Å². The van der Waals surface area contributed by atoms with Gasteiger partial charge in [-0.25, -0.2) is 14.8 Å². The molecule has 3 saturated heterocycles. The first-order valence-electron chi connectivity index (χ1n) is 17.6. The number of nitrogens with zero attached hydrogens (tertiary/aromatic N) is 7. The van der Waals surface area contributed by atoms with E-state index in [1.165, 1.54) is 5.56 Å². The Balaban J connectivity index is 0.880. The lowest BCUT2D eigenvalue weighted by Gasteiger charge is -2.39. The summed E-state index contributed by atoms with van der Waals surface area (Å²) in [5.41, 5.74) is 2.98. The first kappa shape index (κ1) is 33.6. The van der Waals surface area contributed by atoms with Crippen LogP contribution in [0.15, 0.2) is 36.8 Å². The van der Waals surface area contributed by atoms with Gasteiger partial charge < -0.3 is 24.2 Å². The van der Waals surface area contributed by atoms with Crippen molar-refractivity contribution in [3.05, 3.63) is 53.6 Å². The summed E-state index contributed by atoms with van der Waals surface area (Å²) >= 11 is 0. The van der Waals surface area contributed by atoms with E-state index in [1.807, 2.05) is 36.8 Å². The van der Waals surface area contributed by atoms with Crippen LogP contribution in [-0.2, 0) is 22.6 Å². The molecule has 0 spiro atoms. The fraction of sp³-hybridized carbons (Fsp3) is 0.667. The molecule has 1 aromatic heterocycles. The first-order valence-corrected chi connectivity index (χ1v) is 17.6. The van der Waals surface area contributed by atoms with Crippen LogP contribution in [0.2, 0.25) is 0 Å². The number of piperidine rings is 2. The second kappa shape index (κ2) is 15.3. The van der Waals surface area contributed by atoms with Gasteiger partial charge >= 0.3 is 6.09 Å². The van der Waals surface area contributed by atoms with Gasteiger partial charge in [-0.2, -0.15) is 0 Å². The van der Waals surface area contributed by atoms with Crippen LogP contribution in [0.3, 0.4) is 0 Å². The molecule has 3 fully saturated rings. The molecule has 6 rings (SSSR count). The highest BCUT2D eigenvalue weighted by Crippen LogP contribution is 2.30. The molecule has 11 nitrogen and oxygen atoms in total. The number of hydrogen-bond acceptors (Lipinski definition) is 9. The van der Waals surface area contributed by atoms with E-state index < -0.39 is 5.60 Å². The first-order chi connectivity index (χ1) is 22.7. The van der Waals surface area contributed by atoms with Crippen molar-refractivity contribution in [3.63, 3.8) is 0 Å². The zero-order valence-corrected chi connectivity index (χ0v) is 28.6. The average molecular weight is 648 g/mol. The van der Waals surface area contributed by atoms with Crippen LogP contribution in [0.5, 0.6) is 5.75 Å². The van der Waals surface area contributed by atoms with Gasteiger partial charge in [-0.1, -0.05) is 12.1 Å². The number of rotatable bonds is 9. The van der Waals surface area contributed by atoms with Crippen LogP contribution in [0.25, 0.3) is 0 Å². The standard InChI is InChI=1S/C36H53N7O4/c1-36(2,3)47-35(45)42-12-9-28(10-13-42)22-40-16-14-39(15-17-40)18-19-46-32-8-4-6-29(20-32)30-7-5-11-43(24-30)34(44)26-41-23-31-21-37-27-38-33(31)25-41/h4,6,8,20-21,27-28,30H,5,7,9-19,22-26H2,1-3H3/t30-/m1/s1. The Morgan fingerprint density at radius 3 is 2.47 bits per heavy atom. The summed E-state index contributed by atoms with van der Waals surface area (Å²) in [6, 6.07) is 8.50. The maximum absolute atomic E-state index is 13.2. The molecule has 4 aliphatic rings. The van der Waals surface area contributed by atoms with Crippen LogP contribution in [0, 0.1) is 5.92 Å². The molecule has 0 unspecified atom stereocenters. The van der Waals surface area contributed by atoms with Gasteiger partial charge in [0.2, 0.25) is 5.91 Å². The highest BCUT2D eigenvalue weighted by atomic mass is 16.6. The maximum atomic E-state index is 13.2. The maximum Gasteiger partial charge on any atom is 0.410 e. The molecule has 47 heavy (non-hydrogen) atoms. The number of hydrogen-bond donors (Lipinski definition) is 0. The number of amides is 2. The van der Waals surface area contributed by atoms with Crippen molar-refractivity contribution in [2.45, 2.75) is 71.1 Å². The molecule has 0 aliphatic carbocycles. The second-order valence-corrected chi connectivity index (χ2v) is 14.8. The van der Waals surface area contributed by atoms with Crippen molar-refractivity contribution in [2.24, 2.45) is 5.92 Å². The molecule has 4 aliphatic heterocycles. The zero-order chi connectivity index (χ0) is 32.8. The Kier molecular flexibility index (Phi) is 10.9. The van der Waals surface area contributed by atoms with Gasteiger partial charge in [0.25, 0.3) is 0 Å². The lowest BCUT2D eigenvalue weighted by atomic mass is 9.90. The normalized spacial score (nSPS) is 21.9. The Bertz CT molecular complexity index is 1330. The third-order valence-corrected chi connectivity index (χ3v) is 10.0. The Labute approximate surface area is 280 Å². The monoisotopic (exact) mass is 647 g/mol. The molecule has 2 amide bonds. The van der Waals surface area contributed by atoms with E-state index in [2.05, 4.69) is 48.9 Å². The number of carbonyl (C=O) groups excluding carboxylic acids is 2. The molecule has 1 aromatic carbocycles. The van der Waals surface area contributed by atoms with Crippen LogP contribution < -0.4 is 4.74 Å². The van der Waals surface area contributed by atoms with Gasteiger partial charge in [0, 0.05) is 96.2 Å². The summed E-state index contributed by atoms with van der Waals surface area (Å²) in [5.74, 6) is 2.09. The van der Waals surface area contributed by atoms with Crippen molar-refractivity contribution in [2.75, 3.05) is 78.6 Å². The SMILES string of the molecule is CC(C)(C)OC(=O)N1CCC(CN2CCN(CCOc3cccc([C@@H]4CCCN(C(=O)CN5Cc6cncnc6C5)C4)c3)CC2)CC1. The minimum absolute atomic E-state index is 0.178. The lowest BCUT2D eigenvalue weighted by molar-refractivity contribution is -0.133. The predicted molar refractivity (Wildman–Crippen MR) is 180 cm³/mol. The van der Waals surface area contributed by atoms with E-state index in [0.29, 0.717) is 31.5 Å². The number of fused-ring (bicyclic) bond motifs is 1. The highest BCUT2D eigenvalue weighted by Gasteiger charge is 2.30. The summed E-state index contributed by atoms with van der Waals surface area (Å²) < 4.78 is 11.8. The van der Waals surface area contributed by atoms with Gasteiger partial charge in [0.1, 0.15) is 24.3 Å². The van der Waals surface area contributed by atoms with Gasteiger partial charge in [0.05, 0.1) is 12.2 Å². The summed E-state index contributed by atoms with van der Waals surface area (Å²) in [7, 11) is 0. The van der Waals surface area contributed by atoms with Gasteiger partial charge in [0.15, 0.2) is 0 Å². The molecule has 5 heterocycles. The summed E-state index contributed by atoms with van der Waals surface area (Å²) in [5, 5.41) is 0. The Morgan fingerprint density at radius 1 is 0.915 bits per heavy atom. The van der Waals surface area contributed by atoms with E-state index in [-0.39, 0.29) is 12.0 Å². The Hall–Kier alpha value is -3.28. The van der Waals surface area contributed by atoms with Crippen molar-refractivity contribution in [1.29, 1.82) is 0 Å². The minimum Gasteiger partial charge on any atom is -0.492 e. The smallest absolute Gasteiger partial charge is 0.410 e. The van der Waals surface area contributed by atoms with Crippen LogP contribution >= 0.6 is 0 Å². The molecule has 1 atom stereocenters. The molecule has 2 aromatic rings. The van der Waals surface area contributed by atoms with Crippen molar-refractivity contribution < 1.29 is 19.1 Å². The van der Waals surface area contributed by atoms with E-state index in [9.17, 15) is 9.59 Å². The van der Waals surface area contributed by atoms with Crippen LogP contribution in [0.4, 0.5) is 4.79 Å². The summed E-state index contributed by atoms with van der Waals surface area (Å²) in [6.45, 7) is 17.8. The van der Waals surface area contributed by atoms with Crippen LogP contribution in [-0.4, -0.2) is 131 Å². The van der Waals surface area contributed by atoms with Gasteiger partial charge in [-0.05, 0) is 70.1 Å². The second-order valence-electron chi connectivity index (χ2n) is 14.8. The predicted octanol–water partition coefficient (Wildman–Crippen LogP) is 3.84. The van der Waals surface area contributed by atoms with Crippen molar-refractivity contribution >= 4 is 12.0 Å². The van der Waals surface area contributed by atoms with Crippen molar-refractivity contribution in [1.82, 2.24) is 34.5 Å². The number of ether oxygens (including phenoxy) is 2. The highest BCUT2D eigenvalue weighted by molar-refractivity contribution is 5.78. The number of benzene rings is 1. The largest absolute Gasteiger partial charge is 0.492 e. The topological polar surface area (TPSA) is 94.6 Å². The lowest BCUT2D eigenvalue weighted by Crippen LogP contribution is -2.50. The van der Waals surface area contributed by atoms with Crippen molar-refractivity contribution in [3.8, 4) is 5.75 Å². The number of aromatic nitrogens is 2. The number of carbonyl (C=O) groups is 2. The van der Waals surface area contributed by atoms with E-state index >= 15 is 0 Å². The molecular weight excluding hydrogens is 594 g/mol. The molecule has 0 radical (unpaired) electrons. The molecule has 0 N–H and O–H groups in total. The third-order valence-electron chi connectivity index (χ3n) is 10.0. The molecule has 11 heteroatoms. The number of likely N-dealkylation sites (tertiary alicyclic amines) is 2. The minimum atomic E-state index is -0.442. The van der Waals surface area contributed by atoms with Gasteiger partial charge in [-0.15, -0.1) is 0 Å². The van der Waals surface area contributed by atoms with Crippen LogP contribution in [0.1, 0.15) is 69.2 Å². The van der Waals surface area contributed by atoms with E-state index in [4.69, 9.17) is 9.47 Å². The molecular formula is C36H53N7O4.